The van der Waals surface area contributed by atoms with Gasteiger partial charge in [0.15, 0.2) is 0 Å². The molecule has 0 bridgehead atoms. The monoisotopic (exact) mass is 150 g/mol. The molecule has 0 saturated heterocycles. The third-order valence-corrected chi connectivity index (χ3v) is 0.597. The van der Waals surface area contributed by atoms with E-state index in [2.05, 4.69) is 4.43 Å². The summed E-state index contributed by atoms with van der Waals surface area (Å²) in [7, 11) is 0.150. The lowest BCUT2D eigenvalue weighted by molar-refractivity contribution is -0.152. The highest BCUT2D eigenvalue weighted by Crippen LogP contribution is 2.13. The van der Waals surface area contributed by atoms with E-state index in [1.807, 2.05) is 0 Å². The zero-order valence-electron chi connectivity index (χ0n) is 4.16. The van der Waals surface area contributed by atoms with Crippen LogP contribution in [-0.2, 0) is 4.43 Å². The number of hydrogen-bond acceptors (Lipinski definition) is 1. The predicted molar refractivity (Wildman–Crippen MR) is 24.4 cm³/mol. The molecule has 0 amide bonds. The summed E-state index contributed by atoms with van der Waals surface area (Å²) in [5.74, 6) is 0. The van der Waals surface area contributed by atoms with Crippen LogP contribution < -0.4 is 0 Å². The van der Waals surface area contributed by atoms with Gasteiger partial charge in [-0.1, -0.05) is 0 Å². The highest BCUT2D eigenvalue weighted by atomic mass is 28.2. The smallest absolute Gasteiger partial charge is 0.410 e. The molecule has 0 saturated carbocycles. The number of rotatable bonds is 1. The molecule has 1 nitrogen and oxygen atoms in total. The molecular weight excluding hydrogens is 144 g/mol. The molecule has 6 heteroatoms. The summed E-state index contributed by atoms with van der Waals surface area (Å²) >= 11 is 0. The Balaban J connectivity index is 0. The second kappa shape index (κ2) is 3.85. The van der Waals surface area contributed by atoms with E-state index in [0.29, 0.717) is 0 Å². The molecule has 0 aliphatic rings. The van der Waals surface area contributed by atoms with Crippen molar-refractivity contribution in [3.63, 3.8) is 0 Å². The molecular formula is C2H6F4OSi. The van der Waals surface area contributed by atoms with Crippen LogP contribution in [0.15, 0.2) is 0 Å². The normalized spacial score (nSPS) is 10.9. The lowest BCUT2D eigenvalue weighted by Gasteiger charge is -2.01. The van der Waals surface area contributed by atoms with E-state index in [4.69, 9.17) is 0 Å². The molecule has 8 heavy (non-hydrogen) atoms. The van der Waals surface area contributed by atoms with Gasteiger partial charge in [0.05, 0.1) is 0 Å². The van der Waals surface area contributed by atoms with Crippen molar-refractivity contribution in [3.8, 4) is 0 Å². The summed E-state index contributed by atoms with van der Waals surface area (Å²) in [5, 5.41) is 0. The van der Waals surface area contributed by atoms with Gasteiger partial charge in [-0.25, -0.2) is 0 Å². The highest BCUT2D eigenvalue weighted by molar-refractivity contribution is 5.97. The summed E-state index contributed by atoms with van der Waals surface area (Å²) < 4.78 is 36.8. The molecule has 0 aliphatic carbocycles. The Morgan fingerprint density at radius 1 is 1.38 bits per heavy atom. The predicted octanol–water partition coefficient (Wildman–Crippen LogP) is -0.00180. The quantitative estimate of drug-likeness (QED) is 0.377. The number of halogens is 4. The SMILES string of the molecule is F.FC(F)(F)CO[SiH3]. The Kier molecular flexibility index (Phi) is 5.19. The average molecular weight is 150 g/mol. The van der Waals surface area contributed by atoms with E-state index in [0.717, 1.165) is 0 Å². The van der Waals surface area contributed by atoms with Crippen molar-refractivity contribution in [2.45, 2.75) is 6.18 Å². The third kappa shape index (κ3) is 9.31. The molecule has 0 atom stereocenters. The van der Waals surface area contributed by atoms with Crippen LogP contribution in [0.3, 0.4) is 0 Å². The number of hydrogen-bond donors (Lipinski definition) is 0. The van der Waals surface area contributed by atoms with E-state index >= 15 is 0 Å². The van der Waals surface area contributed by atoms with Crippen LogP contribution in [0, 0.1) is 0 Å². The maximum atomic E-state index is 11.0. The summed E-state index contributed by atoms with van der Waals surface area (Å²) in [6.07, 6.45) is -4.14. The molecule has 0 aromatic heterocycles. The average Bonchev–Trinajstić information content (AvgIpc) is 1.30. The molecule has 0 aliphatic heterocycles. The first-order chi connectivity index (χ1) is 3.06. The lowest BCUT2D eigenvalue weighted by atomic mass is 10.7. The van der Waals surface area contributed by atoms with Gasteiger partial charge in [0, 0.05) is 0 Å². The van der Waals surface area contributed by atoms with Crippen LogP contribution in [0.1, 0.15) is 0 Å². The standard InChI is InChI=1S/C2H5F3OSi.FH/c3-2(4,5)1-6-7;/h1H2,7H3;1H. The van der Waals surface area contributed by atoms with Crippen LogP contribution >= 0.6 is 0 Å². The minimum absolute atomic E-state index is 0. The van der Waals surface area contributed by atoms with Crippen molar-refractivity contribution < 1.29 is 22.3 Å². The second-order valence-corrected chi connectivity index (χ2v) is 1.63. The Hall–Kier alpha value is -0.103. The van der Waals surface area contributed by atoms with Gasteiger partial charge >= 0.3 is 6.18 Å². The van der Waals surface area contributed by atoms with E-state index < -0.39 is 12.8 Å². The van der Waals surface area contributed by atoms with Crippen LogP contribution in [0.2, 0.25) is 0 Å². The largest absolute Gasteiger partial charge is 0.419 e. The van der Waals surface area contributed by atoms with Gasteiger partial charge in [0.2, 0.25) is 0 Å². The molecule has 0 spiro atoms. The van der Waals surface area contributed by atoms with Gasteiger partial charge in [0.1, 0.15) is 17.1 Å². The van der Waals surface area contributed by atoms with Crippen molar-refractivity contribution in [1.29, 1.82) is 0 Å². The first-order valence-corrected chi connectivity index (χ1v) is 2.43. The first kappa shape index (κ1) is 10.8. The van der Waals surface area contributed by atoms with Crippen molar-refractivity contribution in [2.75, 3.05) is 6.61 Å². The maximum absolute atomic E-state index is 11.0. The Morgan fingerprint density at radius 2 is 1.75 bits per heavy atom. The van der Waals surface area contributed by atoms with Gasteiger partial charge in [-0.3, -0.25) is 4.70 Å². The van der Waals surface area contributed by atoms with Gasteiger partial charge < -0.3 is 4.43 Å². The van der Waals surface area contributed by atoms with Crippen LogP contribution in [0.4, 0.5) is 17.9 Å². The Bertz CT molecular complexity index is 52.5. The van der Waals surface area contributed by atoms with E-state index in [9.17, 15) is 13.2 Å². The second-order valence-electron chi connectivity index (χ2n) is 1.05. The van der Waals surface area contributed by atoms with Crippen molar-refractivity contribution in [3.05, 3.63) is 0 Å². The van der Waals surface area contributed by atoms with Crippen LogP contribution in [0.5, 0.6) is 0 Å². The highest BCUT2D eigenvalue weighted by Gasteiger charge is 2.25. The fourth-order valence-electron chi connectivity index (χ4n) is 0.164. The van der Waals surface area contributed by atoms with E-state index in [-0.39, 0.29) is 15.2 Å². The molecule has 52 valence electrons. The molecule has 0 aromatic carbocycles. The van der Waals surface area contributed by atoms with Crippen LogP contribution in [-0.4, -0.2) is 23.3 Å². The van der Waals surface area contributed by atoms with Crippen molar-refractivity contribution in [2.24, 2.45) is 0 Å². The number of alkyl halides is 3. The molecule has 0 fully saturated rings. The van der Waals surface area contributed by atoms with Crippen molar-refractivity contribution >= 4 is 10.5 Å². The van der Waals surface area contributed by atoms with Gasteiger partial charge in [-0.2, -0.15) is 13.2 Å². The lowest BCUT2D eigenvalue weighted by Crippen LogP contribution is -2.15. The van der Waals surface area contributed by atoms with Gasteiger partial charge in [-0.15, -0.1) is 0 Å². The summed E-state index contributed by atoms with van der Waals surface area (Å²) in [5.41, 5.74) is 0. The minimum atomic E-state index is -4.14. The molecule has 0 radical (unpaired) electrons. The molecule has 0 unspecified atom stereocenters. The van der Waals surface area contributed by atoms with Gasteiger partial charge in [-0.05, 0) is 0 Å². The van der Waals surface area contributed by atoms with E-state index in [1.165, 1.54) is 0 Å². The topological polar surface area (TPSA) is 9.23 Å². The molecule has 0 rings (SSSR count). The van der Waals surface area contributed by atoms with Crippen LogP contribution in [0.25, 0.3) is 0 Å². The zero-order valence-corrected chi connectivity index (χ0v) is 6.16. The maximum Gasteiger partial charge on any atom is 0.410 e. The fraction of sp³-hybridized carbons (Fsp3) is 1.00. The Morgan fingerprint density at radius 3 is 1.75 bits per heavy atom. The minimum Gasteiger partial charge on any atom is -0.419 e. The third-order valence-electron chi connectivity index (χ3n) is 0.308. The van der Waals surface area contributed by atoms with Crippen molar-refractivity contribution in [1.82, 2.24) is 0 Å². The van der Waals surface area contributed by atoms with E-state index in [1.54, 1.807) is 0 Å². The summed E-state index contributed by atoms with van der Waals surface area (Å²) in [4.78, 5) is 0. The summed E-state index contributed by atoms with van der Waals surface area (Å²) in [6, 6.07) is 0. The molecule has 0 N–H and O–H groups in total. The van der Waals surface area contributed by atoms with Gasteiger partial charge in [0.25, 0.3) is 0 Å². The zero-order chi connectivity index (χ0) is 5.91. The Labute approximate surface area is 46.7 Å². The molecule has 0 aromatic rings. The fourth-order valence-corrected chi connectivity index (χ4v) is 0.491. The molecule has 0 heterocycles. The summed E-state index contributed by atoms with van der Waals surface area (Å²) in [6.45, 7) is -1.10. The first-order valence-electron chi connectivity index (χ1n) is 1.62.